The maximum absolute atomic E-state index is 10.8. The first kappa shape index (κ1) is 14.9. The standard InChI is InChI=1S/C16H22N2O2/c19-16(17-20)8-4-7-14-9-11-18(12-10-14)13-15-5-2-1-3-6-15/h1-3,5-6,14H,4,7-13H2. The Morgan fingerprint density at radius 2 is 1.90 bits per heavy atom. The van der Waals surface area contributed by atoms with Crippen LogP contribution < -0.4 is 0 Å². The molecular weight excluding hydrogens is 252 g/mol. The SMILES string of the molecule is O=NC(=O)CCCC1CCN(Cc2ccccc2)CC1. The van der Waals surface area contributed by atoms with Crippen molar-refractivity contribution in [3.05, 3.63) is 40.8 Å². The molecule has 0 spiro atoms. The molecule has 1 saturated heterocycles. The normalized spacial score (nSPS) is 17.0. The van der Waals surface area contributed by atoms with Crippen LogP contribution in [0.3, 0.4) is 0 Å². The Morgan fingerprint density at radius 1 is 1.20 bits per heavy atom. The van der Waals surface area contributed by atoms with Crippen LogP contribution in [-0.4, -0.2) is 23.9 Å². The van der Waals surface area contributed by atoms with Gasteiger partial charge in [-0.1, -0.05) is 30.3 Å². The predicted octanol–water partition coefficient (Wildman–Crippen LogP) is 3.36. The average Bonchev–Trinajstić information content (AvgIpc) is 2.50. The highest BCUT2D eigenvalue weighted by molar-refractivity contribution is 5.76. The lowest BCUT2D eigenvalue weighted by molar-refractivity contribution is -0.118. The molecule has 0 bridgehead atoms. The second-order valence-electron chi connectivity index (χ2n) is 5.58. The number of amides is 1. The van der Waals surface area contributed by atoms with E-state index < -0.39 is 5.91 Å². The van der Waals surface area contributed by atoms with Gasteiger partial charge in [0.1, 0.15) is 0 Å². The number of carbonyl (C=O) groups is 1. The van der Waals surface area contributed by atoms with E-state index in [2.05, 4.69) is 34.3 Å². The number of hydrogen-bond donors (Lipinski definition) is 0. The lowest BCUT2D eigenvalue weighted by Crippen LogP contribution is -2.33. The molecule has 20 heavy (non-hydrogen) atoms. The summed E-state index contributed by atoms with van der Waals surface area (Å²) in [5.41, 5.74) is 1.37. The van der Waals surface area contributed by atoms with Crippen molar-refractivity contribution >= 4 is 5.91 Å². The van der Waals surface area contributed by atoms with Crippen molar-refractivity contribution in [3.63, 3.8) is 0 Å². The third kappa shape index (κ3) is 4.85. The molecule has 1 fully saturated rings. The quantitative estimate of drug-likeness (QED) is 0.747. The number of benzene rings is 1. The van der Waals surface area contributed by atoms with Crippen LogP contribution in [0.5, 0.6) is 0 Å². The number of rotatable bonds is 6. The summed E-state index contributed by atoms with van der Waals surface area (Å²) in [5.74, 6) is 0.188. The van der Waals surface area contributed by atoms with Crippen LogP contribution in [0.15, 0.2) is 35.5 Å². The van der Waals surface area contributed by atoms with Gasteiger partial charge in [0.15, 0.2) is 0 Å². The number of likely N-dealkylation sites (tertiary alicyclic amines) is 1. The van der Waals surface area contributed by atoms with Crippen LogP contribution in [0.2, 0.25) is 0 Å². The zero-order chi connectivity index (χ0) is 14.2. The Balaban J connectivity index is 1.65. The highest BCUT2D eigenvalue weighted by atomic mass is 16.3. The summed E-state index contributed by atoms with van der Waals surface area (Å²) in [5, 5.41) is 2.43. The number of hydrogen-bond acceptors (Lipinski definition) is 3. The van der Waals surface area contributed by atoms with E-state index in [0.717, 1.165) is 32.5 Å². The Morgan fingerprint density at radius 3 is 2.55 bits per heavy atom. The summed E-state index contributed by atoms with van der Waals surface area (Å²) >= 11 is 0. The highest BCUT2D eigenvalue weighted by Crippen LogP contribution is 2.23. The molecule has 108 valence electrons. The van der Waals surface area contributed by atoms with E-state index in [-0.39, 0.29) is 0 Å². The molecule has 0 atom stereocenters. The third-order valence-corrected chi connectivity index (χ3v) is 4.06. The van der Waals surface area contributed by atoms with Crippen molar-refractivity contribution in [2.45, 2.75) is 38.6 Å². The minimum Gasteiger partial charge on any atom is -0.299 e. The summed E-state index contributed by atoms with van der Waals surface area (Å²) in [6.07, 6.45) is 4.53. The first-order valence-corrected chi connectivity index (χ1v) is 7.40. The van der Waals surface area contributed by atoms with Gasteiger partial charge >= 0.3 is 0 Å². The molecule has 0 N–H and O–H groups in total. The molecule has 1 heterocycles. The number of nitrogens with zero attached hydrogens (tertiary/aromatic N) is 2. The number of piperidine rings is 1. The smallest absolute Gasteiger partial charge is 0.286 e. The Labute approximate surface area is 120 Å². The molecule has 4 heteroatoms. The molecular formula is C16H22N2O2. The summed E-state index contributed by atoms with van der Waals surface area (Å²) in [4.78, 5) is 23.3. The van der Waals surface area contributed by atoms with Gasteiger partial charge in [-0.05, 0) is 50.3 Å². The summed E-state index contributed by atoms with van der Waals surface area (Å²) in [6, 6.07) is 10.6. The maximum atomic E-state index is 10.8. The molecule has 1 amide bonds. The first-order chi connectivity index (χ1) is 9.78. The monoisotopic (exact) mass is 274 g/mol. The molecule has 0 radical (unpaired) electrons. The zero-order valence-electron chi connectivity index (χ0n) is 11.8. The Bertz CT molecular complexity index is 425. The first-order valence-electron chi connectivity index (χ1n) is 7.40. The van der Waals surface area contributed by atoms with Crippen LogP contribution >= 0.6 is 0 Å². The van der Waals surface area contributed by atoms with Gasteiger partial charge in [-0.15, -0.1) is 4.91 Å². The fraction of sp³-hybridized carbons (Fsp3) is 0.562. The van der Waals surface area contributed by atoms with E-state index in [1.807, 2.05) is 6.07 Å². The molecule has 2 rings (SSSR count). The van der Waals surface area contributed by atoms with Gasteiger partial charge in [0.2, 0.25) is 0 Å². The largest absolute Gasteiger partial charge is 0.299 e. The molecule has 4 nitrogen and oxygen atoms in total. The van der Waals surface area contributed by atoms with Gasteiger partial charge < -0.3 is 0 Å². The van der Waals surface area contributed by atoms with Crippen LogP contribution in [0.1, 0.15) is 37.7 Å². The van der Waals surface area contributed by atoms with Crippen molar-refractivity contribution in [3.8, 4) is 0 Å². The molecule has 1 aliphatic rings. The third-order valence-electron chi connectivity index (χ3n) is 4.06. The van der Waals surface area contributed by atoms with Crippen LogP contribution in [0.25, 0.3) is 0 Å². The molecule has 0 aromatic heterocycles. The van der Waals surface area contributed by atoms with Crippen molar-refractivity contribution in [2.24, 2.45) is 11.1 Å². The van der Waals surface area contributed by atoms with Gasteiger partial charge in [0, 0.05) is 18.1 Å². The van der Waals surface area contributed by atoms with Crippen molar-refractivity contribution in [1.29, 1.82) is 0 Å². The zero-order valence-corrected chi connectivity index (χ0v) is 11.8. The van der Waals surface area contributed by atoms with Gasteiger partial charge in [-0.3, -0.25) is 9.69 Å². The van der Waals surface area contributed by atoms with Gasteiger partial charge in [0.25, 0.3) is 5.91 Å². The molecule has 1 aromatic rings. The number of nitroso groups, excluding NO2 is 1. The van der Waals surface area contributed by atoms with E-state index >= 15 is 0 Å². The van der Waals surface area contributed by atoms with Crippen molar-refractivity contribution < 1.29 is 4.79 Å². The predicted molar refractivity (Wildman–Crippen MR) is 79.1 cm³/mol. The Hall–Kier alpha value is -1.55. The van der Waals surface area contributed by atoms with E-state index in [1.54, 1.807) is 0 Å². The summed E-state index contributed by atoms with van der Waals surface area (Å²) in [6.45, 7) is 3.28. The molecule has 0 unspecified atom stereocenters. The minimum atomic E-state index is -0.508. The van der Waals surface area contributed by atoms with Crippen LogP contribution in [-0.2, 0) is 11.3 Å². The van der Waals surface area contributed by atoms with E-state index in [4.69, 9.17) is 0 Å². The topological polar surface area (TPSA) is 49.7 Å². The molecule has 1 aromatic carbocycles. The molecule has 0 saturated carbocycles. The molecule has 0 aliphatic carbocycles. The minimum absolute atomic E-state index is 0.313. The van der Waals surface area contributed by atoms with Crippen LogP contribution in [0, 0.1) is 10.8 Å². The van der Waals surface area contributed by atoms with Crippen LogP contribution in [0.4, 0.5) is 0 Å². The van der Waals surface area contributed by atoms with E-state index in [1.165, 1.54) is 18.4 Å². The molecule has 1 aliphatic heterocycles. The van der Waals surface area contributed by atoms with Crippen molar-refractivity contribution in [1.82, 2.24) is 4.90 Å². The lowest BCUT2D eigenvalue weighted by atomic mass is 9.91. The average molecular weight is 274 g/mol. The maximum Gasteiger partial charge on any atom is 0.286 e. The number of carbonyl (C=O) groups excluding carboxylic acids is 1. The fourth-order valence-electron chi connectivity index (χ4n) is 2.86. The lowest BCUT2D eigenvalue weighted by Gasteiger charge is -2.32. The second-order valence-corrected chi connectivity index (χ2v) is 5.58. The van der Waals surface area contributed by atoms with Gasteiger partial charge in [-0.2, -0.15) is 0 Å². The van der Waals surface area contributed by atoms with E-state index in [9.17, 15) is 9.70 Å². The summed E-state index contributed by atoms with van der Waals surface area (Å²) in [7, 11) is 0. The summed E-state index contributed by atoms with van der Waals surface area (Å²) < 4.78 is 0. The Kier molecular flexibility index (Phi) is 5.87. The van der Waals surface area contributed by atoms with E-state index in [0.29, 0.717) is 12.3 Å². The van der Waals surface area contributed by atoms with Gasteiger partial charge in [-0.25, -0.2) is 0 Å². The second kappa shape index (κ2) is 7.90. The fourth-order valence-corrected chi connectivity index (χ4v) is 2.86. The van der Waals surface area contributed by atoms with Crippen molar-refractivity contribution in [2.75, 3.05) is 13.1 Å². The highest BCUT2D eigenvalue weighted by Gasteiger charge is 2.19. The van der Waals surface area contributed by atoms with Gasteiger partial charge in [0.05, 0.1) is 0 Å².